The quantitative estimate of drug-likeness (QED) is 0.687. The Hall–Kier alpha value is -2.42. The third-order valence-electron chi connectivity index (χ3n) is 2.45. The molecule has 0 saturated carbocycles. The Labute approximate surface area is 116 Å². The van der Waals surface area contributed by atoms with E-state index in [1.54, 1.807) is 17.8 Å². The Morgan fingerprint density at radius 3 is 2.75 bits per heavy atom. The Morgan fingerprint density at radius 1 is 1.55 bits per heavy atom. The molecule has 7 nitrogen and oxygen atoms in total. The van der Waals surface area contributed by atoms with Crippen molar-refractivity contribution in [1.29, 1.82) is 0 Å². The summed E-state index contributed by atoms with van der Waals surface area (Å²) in [7, 11) is 1.68. The molecule has 0 saturated heterocycles. The molecule has 1 N–H and O–H groups in total. The number of carbonyl (C=O) groups is 1. The van der Waals surface area contributed by atoms with E-state index in [-0.39, 0.29) is 4.90 Å². The lowest BCUT2D eigenvalue weighted by Gasteiger charge is -2.05. The minimum Gasteiger partial charge on any atom is -0.478 e. The highest BCUT2D eigenvalue weighted by molar-refractivity contribution is 7.99. The Kier molecular flexibility index (Phi) is 3.70. The van der Waals surface area contributed by atoms with Crippen LogP contribution in [0.15, 0.2) is 34.6 Å². The van der Waals surface area contributed by atoms with E-state index in [2.05, 4.69) is 4.98 Å². The van der Waals surface area contributed by atoms with Gasteiger partial charge in [0, 0.05) is 19.4 Å². The summed E-state index contributed by atoms with van der Waals surface area (Å²) in [6.07, 6.45) is 3.13. The Balaban J connectivity index is 2.54. The summed E-state index contributed by atoms with van der Waals surface area (Å²) >= 11 is 0.896. The van der Waals surface area contributed by atoms with Gasteiger partial charge in [0.15, 0.2) is 5.16 Å². The van der Waals surface area contributed by atoms with Gasteiger partial charge in [-0.3, -0.25) is 10.1 Å². The molecule has 0 atom stereocenters. The zero-order chi connectivity index (χ0) is 14.9. The standard InChI is InChI=1S/C11H8FN3O4S/c1-14-3-2-13-11(14)20-9-4-6(10(16)17)7(12)5-8(9)15(18)19/h2-5H,1H3,(H,16,17). The molecule has 0 aliphatic rings. The predicted octanol–water partition coefficient (Wildman–Crippen LogP) is 2.32. The van der Waals surface area contributed by atoms with Crippen molar-refractivity contribution in [3.05, 3.63) is 46.0 Å². The number of nitro benzene ring substituents is 1. The molecule has 0 amide bonds. The Morgan fingerprint density at radius 2 is 2.25 bits per heavy atom. The van der Waals surface area contributed by atoms with Crippen LogP contribution in [0, 0.1) is 15.9 Å². The molecule has 0 fully saturated rings. The van der Waals surface area contributed by atoms with Gasteiger partial charge in [0.1, 0.15) is 5.82 Å². The van der Waals surface area contributed by atoms with Gasteiger partial charge in [-0.2, -0.15) is 0 Å². The molecule has 0 aliphatic carbocycles. The second kappa shape index (κ2) is 5.29. The number of benzene rings is 1. The number of nitro groups is 1. The third kappa shape index (κ3) is 2.62. The summed E-state index contributed by atoms with van der Waals surface area (Å²) in [5, 5.41) is 20.2. The molecule has 20 heavy (non-hydrogen) atoms. The van der Waals surface area contributed by atoms with Crippen LogP contribution in [0.2, 0.25) is 0 Å². The highest BCUT2D eigenvalue weighted by atomic mass is 32.2. The van der Waals surface area contributed by atoms with Gasteiger partial charge in [-0.25, -0.2) is 14.2 Å². The molecule has 1 aromatic carbocycles. The molecule has 0 spiro atoms. The van der Waals surface area contributed by atoms with Crippen LogP contribution < -0.4 is 0 Å². The number of carboxylic acid groups (broad SMARTS) is 1. The van der Waals surface area contributed by atoms with E-state index in [1.807, 2.05) is 0 Å². The smallest absolute Gasteiger partial charge is 0.338 e. The second-order valence-electron chi connectivity index (χ2n) is 3.78. The molecule has 0 aliphatic heterocycles. The number of imidazole rings is 1. The van der Waals surface area contributed by atoms with Crippen molar-refractivity contribution >= 4 is 23.4 Å². The number of hydrogen-bond acceptors (Lipinski definition) is 5. The topological polar surface area (TPSA) is 98.3 Å². The molecular weight excluding hydrogens is 289 g/mol. The van der Waals surface area contributed by atoms with Crippen LogP contribution in [0.4, 0.5) is 10.1 Å². The fourth-order valence-electron chi connectivity index (χ4n) is 1.48. The van der Waals surface area contributed by atoms with Crippen molar-refractivity contribution in [2.75, 3.05) is 0 Å². The van der Waals surface area contributed by atoms with E-state index >= 15 is 0 Å². The van der Waals surface area contributed by atoms with E-state index in [0.717, 1.165) is 17.8 Å². The molecule has 9 heteroatoms. The lowest BCUT2D eigenvalue weighted by molar-refractivity contribution is -0.387. The van der Waals surface area contributed by atoms with Gasteiger partial charge in [-0.05, 0) is 17.8 Å². The third-order valence-corrected chi connectivity index (χ3v) is 3.58. The van der Waals surface area contributed by atoms with Gasteiger partial charge in [-0.15, -0.1) is 0 Å². The van der Waals surface area contributed by atoms with E-state index in [0.29, 0.717) is 11.2 Å². The lowest BCUT2D eigenvalue weighted by Crippen LogP contribution is -2.03. The SMILES string of the molecule is Cn1ccnc1Sc1cc(C(=O)O)c(F)cc1[N+](=O)[O-]. The van der Waals surface area contributed by atoms with Gasteiger partial charge >= 0.3 is 5.97 Å². The number of nitrogens with zero attached hydrogens (tertiary/aromatic N) is 3. The monoisotopic (exact) mass is 297 g/mol. The number of carboxylic acids is 1. The number of aromatic nitrogens is 2. The molecule has 1 heterocycles. The molecule has 1 aromatic heterocycles. The van der Waals surface area contributed by atoms with Crippen LogP contribution in [0.3, 0.4) is 0 Å². The van der Waals surface area contributed by atoms with Crippen LogP contribution in [0.25, 0.3) is 0 Å². The molecule has 0 radical (unpaired) electrons. The van der Waals surface area contributed by atoms with Crippen LogP contribution in [-0.2, 0) is 7.05 Å². The van der Waals surface area contributed by atoms with E-state index < -0.39 is 28.0 Å². The number of halogens is 1. The fraction of sp³-hybridized carbons (Fsp3) is 0.0909. The van der Waals surface area contributed by atoms with Crippen LogP contribution >= 0.6 is 11.8 Å². The van der Waals surface area contributed by atoms with E-state index in [9.17, 15) is 19.3 Å². The van der Waals surface area contributed by atoms with E-state index in [1.165, 1.54) is 6.20 Å². The average molecular weight is 297 g/mol. The largest absolute Gasteiger partial charge is 0.478 e. The average Bonchev–Trinajstić information content (AvgIpc) is 2.76. The molecular formula is C11H8FN3O4S. The molecule has 104 valence electrons. The minimum atomic E-state index is -1.49. The van der Waals surface area contributed by atoms with Crippen molar-refractivity contribution in [1.82, 2.24) is 9.55 Å². The van der Waals surface area contributed by atoms with Crippen molar-refractivity contribution in [2.45, 2.75) is 10.1 Å². The van der Waals surface area contributed by atoms with Crippen molar-refractivity contribution in [2.24, 2.45) is 7.05 Å². The maximum absolute atomic E-state index is 13.5. The first-order valence-corrected chi connectivity index (χ1v) is 6.08. The Bertz CT molecular complexity index is 701. The first-order chi connectivity index (χ1) is 9.40. The van der Waals surface area contributed by atoms with Crippen molar-refractivity contribution in [3.8, 4) is 0 Å². The van der Waals surface area contributed by atoms with Crippen LogP contribution in [0.5, 0.6) is 0 Å². The summed E-state index contributed by atoms with van der Waals surface area (Å²) in [6.45, 7) is 0. The highest BCUT2D eigenvalue weighted by Gasteiger charge is 2.23. The number of aryl methyl sites for hydroxylation is 1. The van der Waals surface area contributed by atoms with Gasteiger partial charge < -0.3 is 9.67 Å². The first-order valence-electron chi connectivity index (χ1n) is 5.26. The van der Waals surface area contributed by atoms with Gasteiger partial charge in [0.05, 0.1) is 21.4 Å². The summed E-state index contributed by atoms with van der Waals surface area (Å²) in [6, 6.07) is 1.55. The number of aromatic carboxylic acids is 1. The summed E-state index contributed by atoms with van der Waals surface area (Å²) in [5.41, 5.74) is -1.12. The summed E-state index contributed by atoms with van der Waals surface area (Å²) in [4.78, 5) is 25.0. The first kappa shape index (κ1) is 14.0. The second-order valence-corrected chi connectivity index (χ2v) is 4.79. The number of hydrogen-bond donors (Lipinski definition) is 1. The van der Waals surface area contributed by atoms with E-state index in [4.69, 9.17) is 5.11 Å². The van der Waals surface area contributed by atoms with Crippen LogP contribution in [-0.4, -0.2) is 25.6 Å². The maximum atomic E-state index is 13.5. The fourth-order valence-corrected chi connectivity index (χ4v) is 2.41. The van der Waals surface area contributed by atoms with Gasteiger partial charge in [-0.1, -0.05) is 0 Å². The zero-order valence-electron chi connectivity index (χ0n) is 10.1. The minimum absolute atomic E-state index is 0.0168. The normalized spacial score (nSPS) is 10.5. The van der Waals surface area contributed by atoms with Gasteiger partial charge in [0.25, 0.3) is 5.69 Å². The highest BCUT2D eigenvalue weighted by Crippen LogP contribution is 2.35. The lowest BCUT2D eigenvalue weighted by atomic mass is 10.2. The van der Waals surface area contributed by atoms with Crippen molar-refractivity contribution < 1.29 is 19.2 Å². The number of rotatable bonds is 4. The van der Waals surface area contributed by atoms with Crippen molar-refractivity contribution in [3.63, 3.8) is 0 Å². The van der Waals surface area contributed by atoms with Crippen LogP contribution in [0.1, 0.15) is 10.4 Å². The van der Waals surface area contributed by atoms with Gasteiger partial charge in [0.2, 0.25) is 0 Å². The molecule has 2 rings (SSSR count). The molecule has 0 bridgehead atoms. The zero-order valence-corrected chi connectivity index (χ0v) is 10.9. The predicted molar refractivity (Wildman–Crippen MR) is 67.3 cm³/mol. The molecule has 2 aromatic rings. The summed E-state index contributed by atoms with van der Waals surface area (Å²) < 4.78 is 15.1. The molecule has 0 unspecified atom stereocenters. The maximum Gasteiger partial charge on any atom is 0.338 e. The summed E-state index contributed by atoms with van der Waals surface area (Å²) in [5.74, 6) is -2.63.